The molecule has 2 unspecified atom stereocenters. The van der Waals surface area contributed by atoms with Gasteiger partial charge in [-0.2, -0.15) is 13.2 Å². The molecule has 1 aromatic carbocycles. The van der Waals surface area contributed by atoms with Crippen LogP contribution in [0.1, 0.15) is 30.9 Å². The van der Waals surface area contributed by atoms with Gasteiger partial charge in [0.05, 0.1) is 18.6 Å². The van der Waals surface area contributed by atoms with Crippen molar-refractivity contribution in [3.63, 3.8) is 0 Å². The van der Waals surface area contributed by atoms with Gasteiger partial charge in [-0.1, -0.05) is 12.1 Å². The summed E-state index contributed by atoms with van der Waals surface area (Å²) in [6.45, 7) is 3.38. The number of ether oxygens (including phenoxy) is 1. The number of allylic oxidation sites excluding steroid dienone is 1. The molecule has 0 radical (unpaired) electrons. The quantitative estimate of drug-likeness (QED) is 0.852. The molecule has 0 spiro atoms. The zero-order valence-corrected chi connectivity index (χ0v) is 13.0. The Morgan fingerprint density at radius 2 is 1.91 bits per heavy atom. The topological polar surface area (TPSA) is 41.9 Å². The average molecular weight is 326 g/mol. The third kappa shape index (κ3) is 3.55. The third-order valence-corrected chi connectivity index (χ3v) is 3.69. The number of halogens is 3. The molecule has 0 N–H and O–H groups in total. The van der Waals surface area contributed by atoms with Crippen LogP contribution in [0.4, 0.5) is 13.2 Å². The predicted octanol–water partition coefficient (Wildman–Crippen LogP) is 3.56. The largest absolute Gasteiger partial charge is 0.482 e. The van der Waals surface area contributed by atoms with Gasteiger partial charge in [-0.05, 0) is 31.5 Å². The molecule has 0 aliphatic carbocycles. The average Bonchev–Trinajstić information content (AvgIpc) is 2.52. The number of carbonyl (C=O) groups is 1. The van der Waals surface area contributed by atoms with E-state index >= 15 is 0 Å². The molecule has 1 amide bonds. The highest BCUT2D eigenvalue weighted by Gasteiger charge is 2.32. The molecule has 23 heavy (non-hydrogen) atoms. The molecule has 0 fully saturated rings. The Hall–Kier alpha value is -2.31. The van der Waals surface area contributed by atoms with Crippen molar-refractivity contribution in [1.29, 1.82) is 0 Å². The van der Waals surface area contributed by atoms with Gasteiger partial charge in [0.1, 0.15) is 6.17 Å². The smallest absolute Gasteiger partial charge is 0.416 e. The fourth-order valence-corrected chi connectivity index (χ4v) is 2.33. The van der Waals surface area contributed by atoms with Crippen molar-refractivity contribution in [3.8, 4) is 0 Å². The second-order valence-corrected chi connectivity index (χ2v) is 5.19. The maximum absolute atomic E-state index is 12.7. The minimum Gasteiger partial charge on any atom is -0.482 e. The van der Waals surface area contributed by atoms with Crippen molar-refractivity contribution in [3.05, 3.63) is 47.4 Å². The van der Waals surface area contributed by atoms with Gasteiger partial charge in [0.15, 0.2) is 5.88 Å². The van der Waals surface area contributed by atoms with E-state index in [9.17, 15) is 18.0 Å². The SMILES string of the molecule is COC1=CC=NC(C)N1C(=O)C(C)c1ccc(C(F)(F)F)cc1. The Kier molecular flexibility index (Phi) is 4.77. The Balaban J connectivity index is 2.22. The monoisotopic (exact) mass is 326 g/mol. The van der Waals surface area contributed by atoms with Gasteiger partial charge in [-0.15, -0.1) is 0 Å². The van der Waals surface area contributed by atoms with Crippen LogP contribution in [0.25, 0.3) is 0 Å². The fraction of sp³-hybridized carbons (Fsp3) is 0.375. The lowest BCUT2D eigenvalue weighted by molar-refractivity contribution is -0.137. The van der Waals surface area contributed by atoms with E-state index < -0.39 is 23.8 Å². The molecule has 124 valence electrons. The Morgan fingerprint density at radius 1 is 1.30 bits per heavy atom. The number of rotatable bonds is 3. The molecule has 0 aromatic heterocycles. The second kappa shape index (κ2) is 6.44. The lowest BCUT2D eigenvalue weighted by Crippen LogP contribution is -2.41. The standard InChI is InChI=1S/C16H17F3N2O2/c1-10(12-4-6-13(7-5-12)16(17,18)19)15(22)21-11(2)20-9-8-14(21)23-3/h4-11H,1-3H3. The van der Waals surface area contributed by atoms with Crippen molar-refractivity contribution < 1.29 is 22.7 Å². The maximum atomic E-state index is 12.7. The van der Waals surface area contributed by atoms with E-state index in [1.54, 1.807) is 26.1 Å². The number of aliphatic imine (C=N–C) groups is 1. The van der Waals surface area contributed by atoms with E-state index in [2.05, 4.69) is 4.99 Å². The molecule has 7 heteroatoms. The number of methoxy groups -OCH3 is 1. The summed E-state index contributed by atoms with van der Waals surface area (Å²) in [6.07, 6.45) is -1.71. The van der Waals surface area contributed by atoms with Crippen LogP contribution in [-0.4, -0.2) is 30.3 Å². The summed E-state index contributed by atoms with van der Waals surface area (Å²) in [7, 11) is 1.45. The van der Waals surface area contributed by atoms with Crippen molar-refractivity contribution in [2.75, 3.05) is 7.11 Å². The number of hydrogen-bond acceptors (Lipinski definition) is 3. The molecular formula is C16H17F3N2O2. The summed E-state index contributed by atoms with van der Waals surface area (Å²) in [5.74, 6) is -0.551. The van der Waals surface area contributed by atoms with E-state index in [0.717, 1.165) is 12.1 Å². The summed E-state index contributed by atoms with van der Waals surface area (Å²) >= 11 is 0. The second-order valence-electron chi connectivity index (χ2n) is 5.19. The Morgan fingerprint density at radius 3 is 2.43 bits per heavy atom. The number of benzene rings is 1. The van der Waals surface area contributed by atoms with Crippen LogP contribution in [0.5, 0.6) is 0 Å². The first kappa shape index (κ1) is 17.1. The summed E-state index contributed by atoms with van der Waals surface area (Å²) in [4.78, 5) is 18.2. The number of amides is 1. The summed E-state index contributed by atoms with van der Waals surface area (Å²) in [5.41, 5.74) is -0.241. The lowest BCUT2D eigenvalue weighted by Gasteiger charge is -2.31. The predicted molar refractivity (Wildman–Crippen MR) is 79.8 cm³/mol. The first-order valence-corrected chi connectivity index (χ1v) is 7.03. The van der Waals surface area contributed by atoms with E-state index in [0.29, 0.717) is 11.4 Å². The molecule has 0 saturated carbocycles. The van der Waals surface area contributed by atoms with Crippen molar-refractivity contribution in [2.24, 2.45) is 4.99 Å². The molecule has 4 nitrogen and oxygen atoms in total. The number of hydrogen-bond donors (Lipinski definition) is 0. The Labute approximate surface area is 132 Å². The highest BCUT2D eigenvalue weighted by atomic mass is 19.4. The summed E-state index contributed by atoms with van der Waals surface area (Å²) < 4.78 is 43.0. The fourth-order valence-electron chi connectivity index (χ4n) is 2.33. The van der Waals surface area contributed by atoms with Gasteiger partial charge in [-0.3, -0.25) is 14.7 Å². The van der Waals surface area contributed by atoms with E-state index in [1.165, 1.54) is 24.1 Å². The normalized spacial score (nSPS) is 19.3. The molecule has 2 rings (SSSR count). The molecule has 1 aromatic rings. The van der Waals surface area contributed by atoms with Crippen LogP contribution in [0.15, 0.2) is 41.2 Å². The van der Waals surface area contributed by atoms with E-state index in [1.807, 2.05) is 0 Å². The summed E-state index contributed by atoms with van der Waals surface area (Å²) in [5, 5.41) is 0. The van der Waals surface area contributed by atoms with Gasteiger partial charge in [0.2, 0.25) is 5.91 Å². The highest BCUT2D eigenvalue weighted by Crippen LogP contribution is 2.31. The van der Waals surface area contributed by atoms with Crippen molar-refractivity contribution in [2.45, 2.75) is 32.1 Å². The molecule has 1 heterocycles. The van der Waals surface area contributed by atoms with Gasteiger partial charge in [0, 0.05) is 12.3 Å². The molecule has 0 saturated heterocycles. The van der Waals surface area contributed by atoms with Crippen molar-refractivity contribution in [1.82, 2.24) is 4.90 Å². The number of nitrogens with zero attached hydrogens (tertiary/aromatic N) is 2. The van der Waals surface area contributed by atoms with Crippen LogP contribution < -0.4 is 0 Å². The maximum Gasteiger partial charge on any atom is 0.416 e. The van der Waals surface area contributed by atoms with E-state index in [4.69, 9.17) is 4.74 Å². The first-order chi connectivity index (χ1) is 10.8. The van der Waals surface area contributed by atoms with Gasteiger partial charge in [0.25, 0.3) is 0 Å². The van der Waals surface area contributed by atoms with Crippen LogP contribution in [-0.2, 0) is 15.7 Å². The van der Waals surface area contributed by atoms with Gasteiger partial charge < -0.3 is 4.74 Å². The van der Waals surface area contributed by atoms with Gasteiger partial charge >= 0.3 is 6.18 Å². The summed E-state index contributed by atoms with van der Waals surface area (Å²) in [6, 6.07) is 4.59. The van der Waals surface area contributed by atoms with E-state index in [-0.39, 0.29) is 5.91 Å². The molecular weight excluding hydrogens is 309 g/mol. The highest BCUT2D eigenvalue weighted by molar-refractivity contribution is 5.87. The molecule has 1 aliphatic heterocycles. The van der Waals surface area contributed by atoms with Gasteiger partial charge in [-0.25, -0.2) is 0 Å². The molecule has 0 bridgehead atoms. The zero-order chi connectivity index (χ0) is 17.2. The third-order valence-electron chi connectivity index (χ3n) is 3.69. The lowest BCUT2D eigenvalue weighted by atomic mass is 9.98. The van der Waals surface area contributed by atoms with Crippen LogP contribution >= 0.6 is 0 Å². The first-order valence-electron chi connectivity index (χ1n) is 7.03. The minimum atomic E-state index is -4.40. The van der Waals surface area contributed by atoms with Crippen LogP contribution in [0, 0.1) is 0 Å². The molecule has 2 atom stereocenters. The molecule has 1 aliphatic rings. The van der Waals surface area contributed by atoms with Crippen molar-refractivity contribution >= 4 is 12.1 Å². The Bertz CT molecular complexity index is 636. The van der Waals surface area contributed by atoms with Crippen LogP contribution in [0.2, 0.25) is 0 Å². The number of carbonyl (C=O) groups excluding carboxylic acids is 1. The number of alkyl halides is 3. The van der Waals surface area contributed by atoms with Crippen LogP contribution in [0.3, 0.4) is 0 Å². The zero-order valence-electron chi connectivity index (χ0n) is 13.0. The minimum absolute atomic E-state index is 0.290.